The molecular formula is C28H32Si2. The summed E-state index contributed by atoms with van der Waals surface area (Å²) in [7, 11) is -3.33. The van der Waals surface area contributed by atoms with Crippen LogP contribution >= 0.6 is 0 Å². The Morgan fingerprint density at radius 3 is 1.67 bits per heavy atom. The second-order valence-corrected chi connectivity index (χ2v) is 18.9. The number of hydrogen-bond donors (Lipinski definition) is 0. The second-order valence-electron chi connectivity index (χ2n) is 10.3. The van der Waals surface area contributed by atoms with Crippen LogP contribution in [0.3, 0.4) is 0 Å². The Morgan fingerprint density at radius 1 is 0.567 bits per heavy atom. The van der Waals surface area contributed by atoms with E-state index >= 15 is 0 Å². The number of unbranched alkanes of at least 4 members (excludes halogenated alkanes) is 2. The molecule has 0 N–H and O–H groups in total. The van der Waals surface area contributed by atoms with E-state index in [-0.39, 0.29) is 0 Å². The summed E-state index contributed by atoms with van der Waals surface area (Å²) in [6, 6.07) is 22.6. The van der Waals surface area contributed by atoms with Crippen LogP contribution in [0.2, 0.25) is 25.2 Å². The highest BCUT2D eigenvalue weighted by Crippen LogP contribution is 2.42. The maximum absolute atomic E-state index is 2.63. The highest BCUT2D eigenvalue weighted by molar-refractivity contribution is 7.10. The lowest BCUT2D eigenvalue weighted by Crippen LogP contribution is -2.56. The Balaban J connectivity index is 1.84. The Hall–Kier alpha value is -1.91. The molecule has 2 heteroatoms. The van der Waals surface area contributed by atoms with E-state index in [1.165, 1.54) is 48.5 Å². The summed E-state index contributed by atoms with van der Waals surface area (Å²) in [6.45, 7) is 9.87. The third-order valence-electron chi connectivity index (χ3n) is 8.42. The molecule has 2 aliphatic rings. The van der Waals surface area contributed by atoms with Crippen LogP contribution in [0, 0.1) is 0 Å². The summed E-state index contributed by atoms with van der Waals surface area (Å²) < 4.78 is 0. The van der Waals surface area contributed by atoms with Gasteiger partial charge in [0.05, 0.1) is 0 Å². The molecule has 0 spiro atoms. The predicted octanol–water partition coefficient (Wildman–Crippen LogP) is 5.76. The molecule has 4 aromatic rings. The van der Waals surface area contributed by atoms with Crippen molar-refractivity contribution in [2.45, 2.75) is 64.7 Å². The molecule has 0 unspecified atom stereocenters. The standard InChI is InChI=1S/C28H32Si2/c1-5-7-17-30(18-8-6-2)23-14-10-12-20-19-11-9-13-21-25(19)27-22(29(21,3)4)15-16-24(30)28(27)26(20)23/h9-16H,5-8,17-18H2,1-4H3. The first-order chi connectivity index (χ1) is 14.6. The SMILES string of the molecule is CCCC[Si]1(CCCC)c2cccc3c4cccc5c4c4c(ccc1c4c23)[Si]5(C)C. The molecule has 0 bridgehead atoms. The fourth-order valence-corrected chi connectivity index (χ4v) is 15.8. The zero-order chi connectivity index (χ0) is 20.7. The zero-order valence-electron chi connectivity index (χ0n) is 18.9. The average molecular weight is 425 g/mol. The predicted molar refractivity (Wildman–Crippen MR) is 140 cm³/mol. The quantitative estimate of drug-likeness (QED) is 0.273. The molecule has 2 heterocycles. The van der Waals surface area contributed by atoms with E-state index in [0.29, 0.717) is 0 Å². The van der Waals surface area contributed by atoms with Crippen LogP contribution in [-0.4, -0.2) is 16.1 Å². The number of benzene rings is 4. The fraction of sp³-hybridized carbons (Fsp3) is 0.357. The van der Waals surface area contributed by atoms with Crippen LogP contribution < -0.4 is 20.7 Å². The van der Waals surface area contributed by atoms with Crippen LogP contribution in [0.4, 0.5) is 0 Å². The summed E-state index contributed by atoms with van der Waals surface area (Å²) in [5.41, 5.74) is 0. The van der Waals surface area contributed by atoms with Crippen molar-refractivity contribution < 1.29 is 0 Å². The first-order valence-corrected chi connectivity index (χ1v) is 17.4. The Kier molecular flexibility index (Phi) is 3.96. The van der Waals surface area contributed by atoms with Gasteiger partial charge in [0, 0.05) is 0 Å². The lowest BCUT2D eigenvalue weighted by molar-refractivity contribution is 0.839. The molecule has 4 aromatic carbocycles. The minimum Gasteiger partial charge on any atom is -0.0654 e. The Morgan fingerprint density at radius 2 is 1.03 bits per heavy atom. The Bertz CT molecular complexity index is 1340. The van der Waals surface area contributed by atoms with E-state index in [2.05, 4.69) is 75.5 Å². The van der Waals surface area contributed by atoms with Crippen LogP contribution in [0.1, 0.15) is 39.5 Å². The van der Waals surface area contributed by atoms with E-state index in [4.69, 9.17) is 0 Å². The number of rotatable bonds is 6. The van der Waals surface area contributed by atoms with Crippen molar-refractivity contribution >= 4 is 69.2 Å². The first-order valence-electron chi connectivity index (χ1n) is 12.0. The maximum Gasteiger partial charge on any atom is 0.119 e. The van der Waals surface area contributed by atoms with E-state index in [1.54, 1.807) is 42.3 Å². The molecule has 0 saturated carbocycles. The highest BCUT2D eigenvalue weighted by atomic mass is 28.3. The summed E-state index contributed by atoms with van der Waals surface area (Å²) >= 11 is 0. The van der Waals surface area contributed by atoms with Gasteiger partial charge < -0.3 is 0 Å². The molecule has 152 valence electrons. The van der Waals surface area contributed by atoms with Crippen LogP contribution in [0.15, 0.2) is 48.5 Å². The topological polar surface area (TPSA) is 0 Å². The van der Waals surface area contributed by atoms with Gasteiger partial charge in [0.25, 0.3) is 0 Å². The van der Waals surface area contributed by atoms with E-state index in [9.17, 15) is 0 Å². The fourth-order valence-electron chi connectivity index (χ4n) is 6.96. The van der Waals surface area contributed by atoms with Gasteiger partial charge in [-0.15, -0.1) is 0 Å². The average Bonchev–Trinajstić information content (AvgIpc) is 3.18. The van der Waals surface area contributed by atoms with Crippen molar-refractivity contribution in [3.63, 3.8) is 0 Å². The number of hydrogen-bond acceptors (Lipinski definition) is 0. The highest BCUT2D eigenvalue weighted by Gasteiger charge is 2.46. The summed E-state index contributed by atoms with van der Waals surface area (Å²) in [5, 5.41) is 16.6. The van der Waals surface area contributed by atoms with E-state index in [0.717, 1.165) is 0 Å². The molecule has 2 aliphatic heterocycles. The van der Waals surface area contributed by atoms with Gasteiger partial charge in [-0.25, -0.2) is 0 Å². The monoisotopic (exact) mass is 424 g/mol. The van der Waals surface area contributed by atoms with Crippen molar-refractivity contribution in [1.29, 1.82) is 0 Å². The van der Waals surface area contributed by atoms with Crippen LogP contribution in [0.25, 0.3) is 32.3 Å². The van der Waals surface area contributed by atoms with E-state index < -0.39 is 16.1 Å². The molecular weight excluding hydrogens is 392 g/mol. The minimum atomic E-state index is -1.71. The van der Waals surface area contributed by atoms with Gasteiger partial charge in [0.1, 0.15) is 16.1 Å². The maximum atomic E-state index is 2.63. The molecule has 0 aliphatic carbocycles. The molecule has 0 radical (unpaired) electrons. The summed E-state index contributed by atoms with van der Waals surface area (Å²) in [6.07, 6.45) is 5.35. The molecule has 0 saturated heterocycles. The molecule has 0 fully saturated rings. The molecule has 0 atom stereocenters. The summed E-state index contributed by atoms with van der Waals surface area (Å²) in [5.74, 6) is 0. The van der Waals surface area contributed by atoms with Crippen molar-refractivity contribution in [3.8, 4) is 0 Å². The van der Waals surface area contributed by atoms with Gasteiger partial charge in [0.15, 0.2) is 0 Å². The van der Waals surface area contributed by atoms with Crippen molar-refractivity contribution in [2.24, 2.45) is 0 Å². The molecule has 0 amide bonds. The van der Waals surface area contributed by atoms with Crippen molar-refractivity contribution in [2.75, 3.05) is 0 Å². The normalized spacial score (nSPS) is 17.3. The molecule has 6 rings (SSSR count). The van der Waals surface area contributed by atoms with Gasteiger partial charge in [-0.05, 0) is 65.2 Å². The van der Waals surface area contributed by atoms with Gasteiger partial charge in [-0.1, -0.05) is 101 Å². The number of fused-ring (bicyclic) bond motifs is 1. The lowest BCUT2D eigenvalue weighted by atomic mass is 9.95. The molecule has 0 aromatic heterocycles. The molecule has 0 nitrogen and oxygen atoms in total. The van der Waals surface area contributed by atoms with Crippen LogP contribution in [-0.2, 0) is 0 Å². The van der Waals surface area contributed by atoms with Crippen molar-refractivity contribution in [3.05, 3.63) is 48.5 Å². The van der Waals surface area contributed by atoms with Crippen molar-refractivity contribution in [1.82, 2.24) is 0 Å². The first kappa shape index (κ1) is 18.8. The largest absolute Gasteiger partial charge is 0.119 e. The molecule has 30 heavy (non-hydrogen) atoms. The van der Waals surface area contributed by atoms with Gasteiger partial charge >= 0.3 is 0 Å². The third-order valence-corrected chi connectivity index (χ3v) is 17.3. The van der Waals surface area contributed by atoms with E-state index in [1.807, 2.05) is 0 Å². The zero-order valence-corrected chi connectivity index (χ0v) is 20.9. The van der Waals surface area contributed by atoms with Gasteiger partial charge in [0.2, 0.25) is 0 Å². The Labute approximate surface area is 182 Å². The summed E-state index contributed by atoms with van der Waals surface area (Å²) in [4.78, 5) is 0. The van der Waals surface area contributed by atoms with Gasteiger partial charge in [-0.2, -0.15) is 0 Å². The van der Waals surface area contributed by atoms with Gasteiger partial charge in [-0.3, -0.25) is 0 Å². The van der Waals surface area contributed by atoms with Crippen LogP contribution in [0.5, 0.6) is 0 Å². The lowest BCUT2D eigenvalue weighted by Gasteiger charge is -2.31. The second kappa shape index (κ2) is 6.30. The minimum absolute atomic E-state index is 1.31. The smallest absolute Gasteiger partial charge is 0.0654 e. The third kappa shape index (κ3) is 2.07.